The molecule has 2 amide bonds. The number of carbonyl (C=O) groups excluding carboxylic acids is 2. The molecule has 9 nitrogen and oxygen atoms in total. The van der Waals surface area contributed by atoms with Crippen LogP contribution in [-0.2, 0) is 16.2 Å². The zero-order valence-electron chi connectivity index (χ0n) is 21.7. The van der Waals surface area contributed by atoms with Crippen LogP contribution in [0.3, 0.4) is 0 Å². The van der Waals surface area contributed by atoms with Gasteiger partial charge in [-0.15, -0.1) is 0 Å². The molecule has 0 spiro atoms. The molecule has 4 rings (SSSR count). The molecule has 2 N–H and O–H groups in total. The second-order valence-corrected chi connectivity index (χ2v) is 10.00. The number of aryl methyl sites for hydroxylation is 1. The number of hydrogen-bond donors (Lipinski definition) is 2. The molecule has 1 aliphatic carbocycles. The predicted octanol–water partition coefficient (Wildman–Crippen LogP) is 3.69. The number of methoxy groups -OCH3 is 1. The summed E-state index contributed by atoms with van der Waals surface area (Å²) in [6.07, 6.45) is 4.34. The largest absolute Gasteiger partial charge is 0.494 e. The van der Waals surface area contributed by atoms with Crippen molar-refractivity contribution in [1.29, 1.82) is 0 Å². The lowest BCUT2D eigenvalue weighted by Gasteiger charge is -2.31. The zero-order chi connectivity index (χ0) is 26.5. The van der Waals surface area contributed by atoms with Crippen LogP contribution in [0.2, 0.25) is 0 Å². The molecule has 2 aromatic rings. The van der Waals surface area contributed by atoms with Crippen LogP contribution in [0.1, 0.15) is 73.5 Å². The minimum absolute atomic E-state index is 0.0124. The number of ether oxygens (including phenoxy) is 1. The van der Waals surface area contributed by atoms with Gasteiger partial charge in [-0.05, 0) is 62.3 Å². The van der Waals surface area contributed by atoms with Crippen molar-refractivity contribution in [1.82, 2.24) is 20.6 Å². The maximum absolute atomic E-state index is 13.6. The molecule has 1 fully saturated rings. The number of rotatable bonds is 8. The SMILES string of the molecule is COc1cc(CNC(=O)c2cc(C3=NOC(C4CCC(NC(=O)C(C)C)CC4)C3)nc(C)n2)ccc1F. The summed E-state index contributed by atoms with van der Waals surface area (Å²) in [5.41, 5.74) is 2.20. The second-order valence-electron chi connectivity index (χ2n) is 10.00. The van der Waals surface area contributed by atoms with Gasteiger partial charge in [0.05, 0.1) is 12.8 Å². The van der Waals surface area contributed by atoms with Crippen LogP contribution in [0.5, 0.6) is 5.75 Å². The molecular weight excluding hydrogens is 477 g/mol. The molecule has 1 aromatic heterocycles. The number of hydrogen-bond acceptors (Lipinski definition) is 7. The second kappa shape index (κ2) is 11.7. The summed E-state index contributed by atoms with van der Waals surface area (Å²) in [4.78, 5) is 39.4. The summed E-state index contributed by atoms with van der Waals surface area (Å²) in [5, 5.41) is 10.2. The van der Waals surface area contributed by atoms with Crippen LogP contribution in [0.25, 0.3) is 0 Å². The quantitative estimate of drug-likeness (QED) is 0.559. The molecule has 1 atom stereocenters. The fraction of sp³-hybridized carbons (Fsp3) is 0.519. The van der Waals surface area contributed by atoms with Gasteiger partial charge >= 0.3 is 0 Å². The fourth-order valence-electron chi connectivity index (χ4n) is 4.72. The summed E-state index contributed by atoms with van der Waals surface area (Å²) >= 11 is 0. The van der Waals surface area contributed by atoms with E-state index in [4.69, 9.17) is 9.57 Å². The Morgan fingerprint density at radius 2 is 1.92 bits per heavy atom. The van der Waals surface area contributed by atoms with E-state index in [1.54, 1.807) is 25.1 Å². The third-order valence-corrected chi connectivity index (χ3v) is 6.90. The summed E-state index contributed by atoms with van der Waals surface area (Å²) in [5.74, 6) is 0.189. The van der Waals surface area contributed by atoms with E-state index in [9.17, 15) is 14.0 Å². The van der Waals surface area contributed by atoms with Gasteiger partial charge in [0.2, 0.25) is 5.91 Å². The Balaban J connectivity index is 1.33. The van der Waals surface area contributed by atoms with Crippen LogP contribution in [-0.4, -0.2) is 46.7 Å². The van der Waals surface area contributed by atoms with Gasteiger partial charge in [0.15, 0.2) is 11.6 Å². The molecule has 37 heavy (non-hydrogen) atoms. The Hall–Kier alpha value is -3.56. The number of oxime groups is 1. The van der Waals surface area contributed by atoms with E-state index in [0.29, 0.717) is 35.1 Å². The van der Waals surface area contributed by atoms with E-state index in [-0.39, 0.29) is 47.9 Å². The molecule has 0 bridgehead atoms. The van der Waals surface area contributed by atoms with Gasteiger partial charge in [-0.2, -0.15) is 0 Å². The van der Waals surface area contributed by atoms with Crippen LogP contribution in [0.4, 0.5) is 4.39 Å². The van der Waals surface area contributed by atoms with Gasteiger partial charge in [-0.3, -0.25) is 9.59 Å². The van der Waals surface area contributed by atoms with E-state index in [2.05, 4.69) is 25.8 Å². The molecule has 1 unspecified atom stereocenters. The van der Waals surface area contributed by atoms with Crippen molar-refractivity contribution in [3.8, 4) is 5.75 Å². The molecule has 2 aliphatic rings. The average molecular weight is 512 g/mol. The Kier molecular flexibility index (Phi) is 8.35. The molecule has 1 aromatic carbocycles. The first-order valence-corrected chi connectivity index (χ1v) is 12.7. The first-order chi connectivity index (χ1) is 17.7. The molecule has 1 aliphatic heterocycles. The standard InChI is InChI=1S/C27H34FN5O4/c1-15(2)26(34)32-19-8-6-18(7-9-19)24-13-22(33-37-24)21-12-23(31-16(3)30-21)27(35)29-14-17-5-10-20(28)25(11-17)36-4/h5,10-12,15,18-19,24H,6-9,13-14H2,1-4H3,(H,29,35)(H,32,34). The van der Waals surface area contributed by atoms with Gasteiger partial charge in [0.1, 0.15) is 23.3 Å². The van der Waals surface area contributed by atoms with E-state index in [1.165, 1.54) is 13.2 Å². The minimum Gasteiger partial charge on any atom is -0.494 e. The molecule has 10 heteroatoms. The lowest BCUT2D eigenvalue weighted by Crippen LogP contribution is -2.41. The number of carbonyl (C=O) groups is 2. The van der Waals surface area contributed by atoms with Crippen molar-refractivity contribution in [2.24, 2.45) is 17.0 Å². The Labute approximate surface area is 216 Å². The summed E-state index contributed by atoms with van der Waals surface area (Å²) in [6, 6.07) is 6.27. The number of benzene rings is 1. The zero-order valence-corrected chi connectivity index (χ0v) is 21.7. The highest BCUT2D eigenvalue weighted by Gasteiger charge is 2.34. The van der Waals surface area contributed by atoms with Crippen LogP contribution < -0.4 is 15.4 Å². The van der Waals surface area contributed by atoms with Gasteiger partial charge in [-0.25, -0.2) is 14.4 Å². The van der Waals surface area contributed by atoms with Crippen LogP contribution in [0.15, 0.2) is 29.4 Å². The van der Waals surface area contributed by atoms with Gasteiger partial charge in [0, 0.05) is 24.9 Å². The smallest absolute Gasteiger partial charge is 0.270 e. The van der Waals surface area contributed by atoms with Crippen molar-refractivity contribution >= 4 is 17.5 Å². The Bertz CT molecular complexity index is 1180. The molecule has 198 valence electrons. The Morgan fingerprint density at radius 1 is 1.16 bits per heavy atom. The number of amides is 2. The monoisotopic (exact) mass is 511 g/mol. The van der Waals surface area contributed by atoms with E-state index in [1.807, 2.05) is 13.8 Å². The maximum atomic E-state index is 13.6. The highest BCUT2D eigenvalue weighted by atomic mass is 19.1. The topological polar surface area (TPSA) is 115 Å². The fourth-order valence-corrected chi connectivity index (χ4v) is 4.72. The summed E-state index contributed by atoms with van der Waals surface area (Å²) in [7, 11) is 1.39. The molecule has 2 heterocycles. The average Bonchev–Trinajstić information content (AvgIpc) is 3.38. The number of nitrogens with zero attached hydrogens (tertiary/aromatic N) is 3. The molecule has 1 saturated carbocycles. The minimum atomic E-state index is -0.461. The van der Waals surface area contributed by atoms with Gasteiger partial charge in [0.25, 0.3) is 5.91 Å². The molecule has 0 radical (unpaired) electrons. The lowest BCUT2D eigenvalue weighted by atomic mass is 9.81. The molecule has 0 saturated heterocycles. The van der Waals surface area contributed by atoms with Crippen molar-refractivity contribution in [2.45, 2.75) is 71.6 Å². The predicted molar refractivity (Wildman–Crippen MR) is 136 cm³/mol. The number of nitrogens with one attached hydrogen (secondary N) is 2. The normalized spacial score (nSPS) is 21.2. The maximum Gasteiger partial charge on any atom is 0.270 e. The van der Waals surface area contributed by atoms with Gasteiger partial charge < -0.3 is 20.2 Å². The van der Waals surface area contributed by atoms with Crippen molar-refractivity contribution < 1.29 is 23.6 Å². The molecular formula is C27H34FN5O4. The van der Waals surface area contributed by atoms with Crippen molar-refractivity contribution in [3.05, 3.63) is 52.9 Å². The van der Waals surface area contributed by atoms with Crippen molar-refractivity contribution in [2.75, 3.05) is 7.11 Å². The number of aromatic nitrogens is 2. The van der Waals surface area contributed by atoms with E-state index in [0.717, 1.165) is 25.7 Å². The van der Waals surface area contributed by atoms with Crippen LogP contribution in [0, 0.1) is 24.6 Å². The van der Waals surface area contributed by atoms with E-state index < -0.39 is 5.82 Å². The van der Waals surface area contributed by atoms with E-state index >= 15 is 0 Å². The highest BCUT2D eigenvalue weighted by molar-refractivity contribution is 6.01. The lowest BCUT2D eigenvalue weighted by molar-refractivity contribution is -0.125. The first kappa shape index (κ1) is 26.5. The van der Waals surface area contributed by atoms with Crippen LogP contribution >= 0.6 is 0 Å². The first-order valence-electron chi connectivity index (χ1n) is 12.7. The third kappa shape index (κ3) is 6.61. The Morgan fingerprint density at radius 3 is 2.62 bits per heavy atom. The van der Waals surface area contributed by atoms with Crippen molar-refractivity contribution in [3.63, 3.8) is 0 Å². The summed E-state index contributed by atoms with van der Waals surface area (Å²) < 4.78 is 18.6. The summed E-state index contributed by atoms with van der Waals surface area (Å²) in [6.45, 7) is 5.73. The van der Waals surface area contributed by atoms with Gasteiger partial charge in [-0.1, -0.05) is 25.1 Å². The third-order valence-electron chi connectivity index (χ3n) is 6.90. The number of halogens is 1. The highest BCUT2D eigenvalue weighted by Crippen LogP contribution is 2.33.